The second kappa shape index (κ2) is 10.0. The largest absolute Gasteiger partial charge is 0.503 e. The summed E-state index contributed by atoms with van der Waals surface area (Å²) in [5.74, 6) is 0.205. The first-order valence-corrected chi connectivity index (χ1v) is 12.5. The zero-order chi connectivity index (χ0) is 26.1. The summed E-state index contributed by atoms with van der Waals surface area (Å²) in [7, 11) is 4.68. The lowest BCUT2D eigenvalue weighted by molar-refractivity contribution is -0.129. The maximum absolute atomic E-state index is 13.5. The normalized spacial score (nSPS) is 15.5. The molecule has 0 fully saturated rings. The molecule has 190 valence electrons. The number of H-pyrrole nitrogens is 1. The highest BCUT2D eigenvalue weighted by molar-refractivity contribution is 7.12. The number of aromatic amines is 1. The van der Waals surface area contributed by atoms with Gasteiger partial charge in [0.2, 0.25) is 5.78 Å². The van der Waals surface area contributed by atoms with Crippen molar-refractivity contribution in [2.24, 2.45) is 0 Å². The van der Waals surface area contributed by atoms with Crippen molar-refractivity contribution in [1.29, 1.82) is 0 Å². The van der Waals surface area contributed by atoms with E-state index in [4.69, 9.17) is 14.2 Å². The van der Waals surface area contributed by atoms with Gasteiger partial charge in [-0.05, 0) is 59.8 Å². The lowest BCUT2D eigenvalue weighted by Crippen LogP contribution is -2.33. The van der Waals surface area contributed by atoms with Gasteiger partial charge >= 0.3 is 0 Å². The average Bonchev–Trinajstić information content (AvgIpc) is 3.66. The van der Waals surface area contributed by atoms with Crippen molar-refractivity contribution in [2.45, 2.75) is 12.5 Å². The molecule has 1 unspecified atom stereocenters. The second-order valence-corrected chi connectivity index (χ2v) is 9.50. The number of nitrogens with one attached hydrogen (secondary N) is 1. The third-order valence-electron chi connectivity index (χ3n) is 6.62. The lowest BCUT2D eigenvalue weighted by Gasteiger charge is -2.28. The topological polar surface area (TPSA) is 101 Å². The van der Waals surface area contributed by atoms with Gasteiger partial charge in [0.15, 0.2) is 5.76 Å². The minimum absolute atomic E-state index is 0.0274. The van der Waals surface area contributed by atoms with Crippen molar-refractivity contribution in [2.75, 3.05) is 27.9 Å². The molecule has 9 heteroatoms. The molecular weight excluding hydrogens is 492 g/mol. The van der Waals surface area contributed by atoms with Crippen LogP contribution in [0.2, 0.25) is 0 Å². The molecule has 0 radical (unpaired) electrons. The number of benzene rings is 2. The van der Waals surface area contributed by atoms with Crippen LogP contribution in [0.1, 0.15) is 26.8 Å². The van der Waals surface area contributed by atoms with Crippen molar-refractivity contribution in [1.82, 2.24) is 9.88 Å². The Morgan fingerprint density at radius 1 is 1.05 bits per heavy atom. The lowest BCUT2D eigenvalue weighted by atomic mass is 9.94. The van der Waals surface area contributed by atoms with Gasteiger partial charge in [0.25, 0.3) is 5.91 Å². The first kappa shape index (κ1) is 24.5. The van der Waals surface area contributed by atoms with Crippen molar-refractivity contribution in [3.63, 3.8) is 0 Å². The number of methoxy groups -OCH3 is 3. The average molecular weight is 519 g/mol. The molecule has 0 bridgehead atoms. The van der Waals surface area contributed by atoms with Crippen LogP contribution in [-0.4, -0.2) is 54.6 Å². The fourth-order valence-electron chi connectivity index (χ4n) is 4.77. The summed E-state index contributed by atoms with van der Waals surface area (Å²) in [5.41, 5.74) is 2.51. The Hall–Kier alpha value is -4.24. The number of ketones is 1. The Morgan fingerprint density at radius 2 is 1.81 bits per heavy atom. The summed E-state index contributed by atoms with van der Waals surface area (Å²) >= 11 is 1.26. The van der Waals surface area contributed by atoms with Gasteiger partial charge in [-0.2, -0.15) is 0 Å². The van der Waals surface area contributed by atoms with E-state index in [0.29, 0.717) is 28.4 Å². The molecule has 1 amide bonds. The van der Waals surface area contributed by atoms with E-state index in [1.54, 1.807) is 49.9 Å². The minimum Gasteiger partial charge on any atom is -0.503 e. The summed E-state index contributed by atoms with van der Waals surface area (Å²) in [6.07, 6.45) is 2.38. The molecular formula is C28H26N2O6S. The Labute approximate surface area is 217 Å². The van der Waals surface area contributed by atoms with Crippen LogP contribution in [0, 0.1) is 0 Å². The van der Waals surface area contributed by atoms with Crippen LogP contribution in [0.25, 0.3) is 10.9 Å². The van der Waals surface area contributed by atoms with Gasteiger partial charge in [0.05, 0.1) is 37.8 Å². The Bertz CT molecular complexity index is 1500. The molecule has 1 atom stereocenters. The van der Waals surface area contributed by atoms with Crippen LogP contribution >= 0.6 is 11.3 Å². The van der Waals surface area contributed by atoms with Crippen LogP contribution < -0.4 is 14.2 Å². The molecule has 5 rings (SSSR count). The van der Waals surface area contributed by atoms with Gasteiger partial charge in [-0.3, -0.25) is 9.59 Å². The molecule has 1 aliphatic rings. The van der Waals surface area contributed by atoms with Crippen molar-refractivity contribution in [3.8, 4) is 17.2 Å². The number of hydrogen-bond donors (Lipinski definition) is 2. The number of carbonyl (C=O) groups is 2. The highest BCUT2D eigenvalue weighted by atomic mass is 32.1. The third-order valence-corrected chi connectivity index (χ3v) is 7.49. The van der Waals surface area contributed by atoms with Crippen molar-refractivity contribution >= 4 is 33.9 Å². The molecule has 2 N–H and O–H groups in total. The highest BCUT2D eigenvalue weighted by Crippen LogP contribution is 2.44. The number of carbonyl (C=O) groups excluding carboxylic acids is 2. The van der Waals surface area contributed by atoms with E-state index in [-0.39, 0.29) is 12.1 Å². The summed E-state index contributed by atoms with van der Waals surface area (Å²) in [6, 6.07) is 13.6. The standard InChI is InChI=1S/C28H26N2O6S/c1-34-17-6-8-21-19(13-17)16(15-29-21)10-11-30-25(20-14-18(35-2)7-9-22(20)36-3)24(27(32)28(30)33)26(31)23-5-4-12-37-23/h4-9,12-15,25,29,32H,10-11H2,1-3H3. The van der Waals surface area contributed by atoms with Crippen molar-refractivity contribution < 1.29 is 28.9 Å². The van der Waals surface area contributed by atoms with E-state index in [9.17, 15) is 14.7 Å². The van der Waals surface area contributed by atoms with E-state index >= 15 is 0 Å². The number of fused-ring (bicyclic) bond motifs is 1. The fraction of sp³-hybridized carbons (Fsp3) is 0.214. The zero-order valence-electron chi connectivity index (χ0n) is 20.6. The molecule has 8 nitrogen and oxygen atoms in total. The van der Waals surface area contributed by atoms with Crippen LogP contribution in [-0.2, 0) is 11.2 Å². The molecule has 0 saturated carbocycles. The first-order valence-electron chi connectivity index (χ1n) is 11.6. The fourth-order valence-corrected chi connectivity index (χ4v) is 5.44. The molecule has 3 heterocycles. The Balaban J connectivity index is 1.57. The predicted octanol–water partition coefficient (Wildman–Crippen LogP) is 5.08. The number of hydrogen-bond acceptors (Lipinski definition) is 7. The second-order valence-electron chi connectivity index (χ2n) is 8.55. The third kappa shape index (κ3) is 4.31. The zero-order valence-corrected chi connectivity index (χ0v) is 21.4. The maximum Gasteiger partial charge on any atom is 0.290 e. The quantitative estimate of drug-likeness (QED) is 0.300. The summed E-state index contributed by atoms with van der Waals surface area (Å²) in [5, 5.41) is 13.8. The van der Waals surface area contributed by atoms with E-state index in [1.165, 1.54) is 23.3 Å². The van der Waals surface area contributed by atoms with Crippen LogP contribution in [0.5, 0.6) is 17.2 Å². The van der Waals surface area contributed by atoms with Crippen LogP contribution in [0.3, 0.4) is 0 Å². The summed E-state index contributed by atoms with van der Waals surface area (Å²) < 4.78 is 16.4. The van der Waals surface area contributed by atoms with E-state index in [2.05, 4.69) is 4.98 Å². The summed E-state index contributed by atoms with van der Waals surface area (Å²) in [4.78, 5) is 32.2. The molecule has 4 aromatic rings. The number of nitrogens with zero attached hydrogens (tertiary/aromatic N) is 1. The number of rotatable bonds is 9. The molecule has 0 aliphatic carbocycles. The minimum atomic E-state index is -0.855. The molecule has 0 saturated heterocycles. The monoisotopic (exact) mass is 518 g/mol. The number of amides is 1. The van der Waals surface area contributed by atoms with Crippen molar-refractivity contribution in [3.05, 3.63) is 87.4 Å². The Kier molecular flexibility index (Phi) is 6.62. The van der Waals surface area contributed by atoms with Gasteiger partial charge in [0.1, 0.15) is 17.2 Å². The number of aromatic nitrogens is 1. The van der Waals surface area contributed by atoms with E-state index < -0.39 is 23.5 Å². The molecule has 37 heavy (non-hydrogen) atoms. The number of ether oxygens (including phenoxy) is 3. The summed E-state index contributed by atoms with van der Waals surface area (Å²) in [6.45, 7) is 0.249. The van der Waals surface area contributed by atoms with Gasteiger partial charge < -0.3 is 29.2 Å². The smallest absolute Gasteiger partial charge is 0.290 e. The van der Waals surface area contributed by atoms with E-state index in [0.717, 1.165) is 22.2 Å². The number of aliphatic hydroxyl groups is 1. The van der Waals surface area contributed by atoms with Gasteiger partial charge in [-0.1, -0.05) is 6.07 Å². The molecule has 2 aromatic heterocycles. The number of thiophene rings is 1. The number of aliphatic hydroxyl groups excluding tert-OH is 1. The van der Waals surface area contributed by atoms with Gasteiger partial charge in [-0.15, -0.1) is 11.3 Å². The molecule has 2 aromatic carbocycles. The highest BCUT2D eigenvalue weighted by Gasteiger charge is 2.45. The maximum atomic E-state index is 13.5. The Morgan fingerprint density at radius 3 is 2.51 bits per heavy atom. The van der Waals surface area contributed by atoms with Gasteiger partial charge in [0, 0.05) is 29.2 Å². The van der Waals surface area contributed by atoms with Crippen LogP contribution in [0.15, 0.2) is 71.4 Å². The number of Topliss-reactive ketones (excluding diaryl/α,β-unsaturated/α-hetero) is 1. The van der Waals surface area contributed by atoms with E-state index in [1.807, 2.05) is 24.4 Å². The first-order chi connectivity index (χ1) is 18.0. The van der Waals surface area contributed by atoms with Crippen LogP contribution in [0.4, 0.5) is 0 Å². The SMILES string of the molecule is COc1ccc(OC)c(C2C(C(=O)c3cccs3)=C(O)C(=O)N2CCc2c[nH]c3ccc(OC)cc23)c1. The predicted molar refractivity (Wildman–Crippen MR) is 141 cm³/mol. The molecule has 0 spiro atoms. The van der Waals surface area contributed by atoms with Gasteiger partial charge in [-0.25, -0.2) is 0 Å². The molecule has 1 aliphatic heterocycles.